The Kier molecular flexibility index (Phi) is 5.72. The maximum absolute atomic E-state index is 12.2. The summed E-state index contributed by atoms with van der Waals surface area (Å²) in [6.07, 6.45) is 3.86. The van der Waals surface area contributed by atoms with E-state index in [4.69, 9.17) is 0 Å². The van der Waals surface area contributed by atoms with Crippen molar-refractivity contribution in [2.45, 2.75) is 25.9 Å². The molecule has 0 spiro atoms. The number of nitrogens with one attached hydrogen (secondary N) is 1. The average Bonchev–Trinajstić information content (AvgIpc) is 2.57. The van der Waals surface area contributed by atoms with Crippen LogP contribution >= 0.6 is 0 Å². The van der Waals surface area contributed by atoms with Gasteiger partial charge in [0.25, 0.3) is 0 Å². The van der Waals surface area contributed by atoms with Crippen LogP contribution in [0.3, 0.4) is 0 Å². The zero-order valence-electron chi connectivity index (χ0n) is 13.0. The number of rotatable bonds is 5. The van der Waals surface area contributed by atoms with Gasteiger partial charge in [0.2, 0.25) is 5.91 Å². The molecule has 1 N–H and O–H groups in total. The Hall–Kier alpha value is -2.14. The van der Waals surface area contributed by atoms with Gasteiger partial charge in [0.15, 0.2) is 0 Å². The molecule has 1 amide bonds. The molecule has 0 saturated heterocycles. The minimum Gasteiger partial charge on any atom is -0.466 e. The van der Waals surface area contributed by atoms with Crippen molar-refractivity contribution < 1.29 is 14.3 Å². The third-order valence-corrected chi connectivity index (χ3v) is 3.94. The molecule has 1 aromatic carbocycles. The minimum atomic E-state index is -0.421. The molecule has 5 nitrogen and oxygen atoms in total. The van der Waals surface area contributed by atoms with E-state index >= 15 is 0 Å². The zero-order chi connectivity index (χ0) is 15.9. The molecule has 0 aromatic heterocycles. The summed E-state index contributed by atoms with van der Waals surface area (Å²) in [6, 6.07) is 8.16. The fourth-order valence-electron chi connectivity index (χ4n) is 2.54. The molecule has 1 heterocycles. The third-order valence-electron chi connectivity index (χ3n) is 3.94. The summed E-state index contributed by atoms with van der Waals surface area (Å²) in [4.78, 5) is 25.3. The smallest absolute Gasteiger partial charge is 0.330 e. The first-order chi connectivity index (χ1) is 10.6. The van der Waals surface area contributed by atoms with Gasteiger partial charge in [-0.25, -0.2) is 4.79 Å². The highest BCUT2D eigenvalue weighted by Gasteiger charge is 2.24. The maximum atomic E-state index is 12.2. The topological polar surface area (TPSA) is 58.6 Å². The van der Waals surface area contributed by atoms with E-state index in [9.17, 15) is 9.59 Å². The van der Waals surface area contributed by atoms with E-state index in [1.54, 1.807) is 6.08 Å². The Labute approximate surface area is 130 Å². The maximum Gasteiger partial charge on any atom is 0.330 e. The van der Waals surface area contributed by atoms with Crippen molar-refractivity contribution in [3.63, 3.8) is 0 Å². The van der Waals surface area contributed by atoms with Gasteiger partial charge in [-0.3, -0.25) is 9.69 Å². The first-order valence-corrected chi connectivity index (χ1v) is 7.45. The van der Waals surface area contributed by atoms with Crippen molar-refractivity contribution in [3.05, 3.63) is 47.5 Å². The Bertz CT molecular complexity index is 569. The first-order valence-electron chi connectivity index (χ1n) is 7.45. The van der Waals surface area contributed by atoms with E-state index in [1.165, 1.54) is 24.3 Å². The molecule has 1 unspecified atom stereocenters. The third kappa shape index (κ3) is 4.18. The highest BCUT2D eigenvalue weighted by molar-refractivity contribution is 5.83. The number of carbonyl (C=O) groups excluding carboxylic acids is 2. The molecule has 0 radical (unpaired) electrons. The van der Waals surface area contributed by atoms with Gasteiger partial charge in [-0.15, -0.1) is 0 Å². The Morgan fingerprint density at radius 2 is 2.09 bits per heavy atom. The molecule has 118 valence electrons. The predicted octanol–water partition coefficient (Wildman–Crippen LogP) is 1.28. The Morgan fingerprint density at radius 3 is 2.82 bits per heavy atom. The summed E-state index contributed by atoms with van der Waals surface area (Å²) in [6.45, 7) is 3.91. The van der Waals surface area contributed by atoms with Gasteiger partial charge in [0, 0.05) is 25.7 Å². The Balaban J connectivity index is 1.84. The summed E-state index contributed by atoms with van der Waals surface area (Å²) in [5, 5.41) is 2.81. The summed E-state index contributed by atoms with van der Waals surface area (Å²) in [5.74, 6) is -0.455. The van der Waals surface area contributed by atoms with Crippen LogP contribution in [-0.4, -0.2) is 43.0 Å². The normalized spacial score (nSPS) is 16.1. The number of nitrogens with zero attached hydrogens (tertiary/aromatic N) is 1. The molecule has 2 rings (SSSR count). The second-order valence-electron chi connectivity index (χ2n) is 5.34. The van der Waals surface area contributed by atoms with Crippen LogP contribution in [0, 0.1) is 0 Å². The number of ether oxygens (including phenoxy) is 1. The fraction of sp³-hybridized carbons (Fsp3) is 0.412. The van der Waals surface area contributed by atoms with Crippen molar-refractivity contribution in [2.75, 3.05) is 20.2 Å². The molecule has 0 bridgehead atoms. The monoisotopic (exact) mass is 302 g/mol. The van der Waals surface area contributed by atoms with Gasteiger partial charge < -0.3 is 10.1 Å². The van der Waals surface area contributed by atoms with Crippen LogP contribution in [0.5, 0.6) is 0 Å². The molecular formula is C17H22N2O3. The number of amides is 1. The molecule has 0 saturated carbocycles. The minimum absolute atomic E-state index is 0.0334. The van der Waals surface area contributed by atoms with Crippen LogP contribution in [0.2, 0.25) is 0 Å². The fourth-order valence-corrected chi connectivity index (χ4v) is 2.54. The van der Waals surface area contributed by atoms with Crippen molar-refractivity contribution in [3.8, 4) is 0 Å². The van der Waals surface area contributed by atoms with Crippen molar-refractivity contribution in [1.82, 2.24) is 10.2 Å². The molecule has 0 fully saturated rings. The number of benzene rings is 1. The molecule has 1 aliphatic heterocycles. The van der Waals surface area contributed by atoms with E-state index < -0.39 is 5.97 Å². The molecule has 1 aromatic rings. The number of fused-ring (bicyclic) bond motifs is 1. The largest absolute Gasteiger partial charge is 0.466 e. The summed E-state index contributed by atoms with van der Waals surface area (Å²) in [5.41, 5.74) is 2.66. The van der Waals surface area contributed by atoms with E-state index in [-0.39, 0.29) is 11.9 Å². The number of methoxy groups -OCH3 is 1. The van der Waals surface area contributed by atoms with Gasteiger partial charge >= 0.3 is 5.97 Å². The van der Waals surface area contributed by atoms with Gasteiger partial charge in [-0.05, 0) is 24.5 Å². The summed E-state index contributed by atoms with van der Waals surface area (Å²) in [7, 11) is 1.32. The number of carbonyl (C=O) groups is 2. The highest BCUT2D eigenvalue weighted by Crippen LogP contribution is 2.20. The average molecular weight is 302 g/mol. The van der Waals surface area contributed by atoms with Crippen molar-refractivity contribution in [1.29, 1.82) is 0 Å². The summed E-state index contributed by atoms with van der Waals surface area (Å²) < 4.78 is 4.49. The quantitative estimate of drug-likeness (QED) is 0.657. The van der Waals surface area contributed by atoms with Crippen LogP contribution in [0.1, 0.15) is 18.1 Å². The lowest BCUT2D eigenvalue weighted by Gasteiger charge is -2.32. The van der Waals surface area contributed by atoms with Gasteiger partial charge in [0.05, 0.1) is 13.2 Å². The van der Waals surface area contributed by atoms with Crippen molar-refractivity contribution in [2.24, 2.45) is 0 Å². The van der Waals surface area contributed by atoms with E-state index in [0.29, 0.717) is 6.54 Å². The molecule has 1 aliphatic rings. The SMILES string of the molecule is COC(=O)/C=C/CNC(=O)C(C)N1CCc2ccccc2C1. The molecular weight excluding hydrogens is 280 g/mol. The number of hydrogen-bond acceptors (Lipinski definition) is 4. The van der Waals surface area contributed by atoms with Gasteiger partial charge in [0.1, 0.15) is 0 Å². The molecule has 1 atom stereocenters. The molecule has 5 heteroatoms. The number of esters is 1. The van der Waals surface area contributed by atoms with Gasteiger partial charge in [-0.1, -0.05) is 30.3 Å². The van der Waals surface area contributed by atoms with Crippen LogP contribution in [0.15, 0.2) is 36.4 Å². The lowest BCUT2D eigenvalue weighted by atomic mass is 9.99. The second kappa shape index (κ2) is 7.75. The lowest BCUT2D eigenvalue weighted by molar-refractivity contribution is -0.135. The predicted molar refractivity (Wildman–Crippen MR) is 84.2 cm³/mol. The highest BCUT2D eigenvalue weighted by atomic mass is 16.5. The Morgan fingerprint density at radius 1 is 1.36 bits per heavy atom. The lowest BCUT2D eigenvalue weighted by Crippen LogP contribution is -2.47. The van der Waals surface area contributed by atoms with Crippen LogP contribution < -0.4 is 5.32 Å². The zero-order valence-corrected chi connectivity index (χ0v) is 13.0. The second-order valence-corrected chi connectivity index (χ2v) is 5.34. The molecule has 22 heavy (non-hydrogen) atoms. The van der Waals surface area contributed by atoms with Crippen LogP contribution in [0.4, 0.5) is 0 Å². The van der Waals surface area contributed by atoms with Gasteiger partial charge in [-0.2, -0.15) is 0 Å². The van der Waals surface area contributed by atoms with E-state index in [0.717, 1.165) is 19.5 Å². The van der Waals surface area contributed by atoms with Crippen LogP contribution in [0.25, 0.3) is 0 Å². The summed E-state index contributed by atoms with van der Waals surface area (Å²) >= 11 is 0. The van der Waals surface area contributed by atoms with E-state index in [2.05, 4.69) is 33.2 Å². The number of hydrogen-bond donors (Lipinski definition) is 1. The van der Waals surface area contributed by atoms with Crippen LogP contribution in [-0.2, 0) is 27.3 Å². The van der Waals surface area contributed by atoms with E-state index in [1.807, 2.05) is 13.0 Å². The first kappa shape index (κ1) is 16.2. The standard InChI is InChI=1S/C17H22N2O3/c1-13(17(21)18-10-5-8-16(20)22-2)19-11-9-14-6-3-4-7-15(14)12-19/h3-8,13H,9-12H2,1-2H3,(H,18,21)/b8-5+. The van der Waals surface area contributed by atoms with Crippen molar-refractivity contribution >= 4 is 11.9 Å². The molecule has 0 aliphatic carbocycles.